The average Bonchev–Trinajstić information content (AvgIpc) is 3.17. The Hall–Kier alpha value is 1.36. The van der Waals surface area contributed by atoms with Crippen LogP contribution in [0.1, 0.15) is 72.6 Å². The van der Waals surface area contributed by atoms with Crippen molar-refractivity contribution in [2.45, 2.75) is 95.8 Å². The summed E-state index contributed by atoms with van der Waals surface area (Å²) >= 11 is 0. The summed E-state index contributed by atoms with van der Waals surface area (Å²) in [4.78, 5) is 0. The van der Waals surface area contributed by atoms with E-state index in [4.69, 9.17) is 0 Å². The molecule has 0 saturated carbocycles. The maximum atomic E-state index is 2.99. The molecule has 0 aromatic rings. The van der Waals surface area contributed by atoms with E-state index in [-0.39, 0.29) is 50.7 Å². The number of hydrogen-bond acceptors (Lipinski definition) is 0. The fourth-order valence-corrected chi connectivity index (χ4v) is 8.76. The molecule has 2 atom stereocenters. The van der Waals surface area contributed by atoms with Crippen LogP contribution in [-0.2, 0) is 25.8 Å². The van der Waals surface area contributed by atoms with Gasteiger partial charge in [-0.3, -0.25) is 6.08 Å². The van der Waals surface area contributed by atoms with E-state index >= 15 is 0 Å². The molecule has 26 heavy (non-hydrogen) atoms. The Labute approximate surface area is 200 Å². The molecule has 2 heterocycles. The van der Waals surface area contributed by atoms with Gasteiger partial charge in [-0.25, -0.2) is 12.2 Å². The molecule has 0 radical (unpaired) electrons. The van der Waals surface area contributed by atoms with Gasteiger partial charge >= 0.3 is 0 Å². The summed E-state index contributed by atoms with van der Waals surface area (Å²) in [6.45, 7) is 9.57. The van der Waals surface area contributed by atoms with Crippen molar-refractivity contribution in [1.29, 1.82) is 0 Å². The van der Waals surface area contributed by atoms with Gasteiger partial charge < -0.3 is 24.8 Å². The Morgan fingerprint density at radius 2 is 1.27 bits per heavy atom. The first-order chi connectivity index (χ1) is 11.1. The second-order valence-electron chi connectivity index (χ2n) is 8.29. The summed E-state index contributed by atoms with van der Waals surface area (Å²) in [6, 6.07) is 3.26. The third kappa shape index (κ3) is 16.3. The van der Waals surface area contributed by atoms with Crippen molar-refractivity contribution in [3.05, 3.63) is 24.3 Å². The van der Waals surface area contributed by atoms with Crippen LogP contribution in [0.4, 0.5) is 0 Å². The summed E-state index contributed by atoms with van der Waals surface area (Å²) < 4.78 is 0. The van der Waals surface area contributed by atoms with Crippen LogP contribution >= 0.6 is 0 Å². The van der Waals surface area contributed by atoms with E-state index in [1.165, 1.54) is 23.9 Å². The molecule has 1 aliphatic carbocycles. The molecular formula is C21H41Cl2HfSi2-3. The molecule has 0 aromatic carbocycles. The number of rotatable bonds is 2. The monoisotopic (exact) mass is 599 g/mol. The predicted octanol–water partition coefficient (Wildman–Crippen LogP) is -0.285. The summed E-state index contributed by atoms with van der Waals surface area (Å²) in [6.07, 6.45) is 19.3. The molecule has 3 aliphatic rings. The van der Waals surface area contributed by atoms with Gasteiger partial charge in [0, 0.05) is 44.9 Å². The maximum Gasteiger partial charge on any atom is 0.0235 e. The molecule has 5 heteroatoms. The van der Waals surface area contributed by atoms with Crippen LogP contribution in [0, 0.1) is 17.9 Å². The SMILES string of the molecule is CC(C)C1CCCC[SiH2]1.CC(C)C1CCCC[SiH2]1.[C-]1=CC=CC1.[Cl-].[Cl-].[Hf]. The fourth-order valence-electron chi connectivity index (χ4n) is 3.94. The Morgan fingerprint density at radius 3 is 1.42 bits per heavy atom. The van der Waals surface area contributed by atoms with Crippen molar-refractivity contribution in [1.82, 2.24) is 0 Å². The van der Waals surface area contributed by atoms with Crippen LogP contribution in [0.3, 0.4) is 0 Å². The van der Waals surface area contributed by atoms with Crippen molar-refractivity contribution >= 4 is 19.0 Å². The molecule has 154 valence electrons. The van der Waals surface area contributed by atoms with Gasteiger partial charge in [0.15, 0.2) is 0 Å². The second-order valence-corrected chi connectivity index (χ2v) is 13.0. The van der Waals surface area contributed by atoms with E-state index in [1.54, 1.807) is 37.8 Å². The molecule has 2 fully saturated rings. The van der Waals surface area contributed by atoms with Crippen LogP contribution in [0.2, 0.25) is 23.2 Å². The third-order valence-corrected chi connectivity index (χ3v) is 11.8. The quantitative estimate of drug-likeness (QED) is 0.303. The molecule has 0 aromatic heterocycles. The van der Waals surface area contributed by atoms with E-state index in [0.29, 0.717) is 19.0 Å². The minimum atomic E-state index is 0. The first-order valence-corrected chi connectivity index (χ1v) is 14.0. The molecule has 0 spiro atoms. The largest absolute Gasteiger partial charge is 1.00 e. The molecular weight excluding hydrogens is 558 g/mol. The van der Waals surface area contributed by atoms with Gasteiger partial charge in [0.25, 0.3) is 0 Å². The number of allylic oxidation sites excluding steroid dienone is 4. The van der Waals surface area contributed by atoms with Gasteiger partial charge in [-0.15, -0.1) is 6.42 Å². The fraction of sp³-hybridized carbons (Fsp3) is 0.810. The van der Waals surface area contributed by atoms with Gasteiger partial charge in [-0.05, 0) is 22.9 Å². The van der Waals surface area contributed by atoms with Gasteiger partial charge in [0.1, 0.15) is 0 Å². The Balaban J connectivity index is -0.000000298. The zero-order valence-electron chi connectivity index (χ0n) is 17.6. The van der Waals surface area contributed by atoms with Crippen molar-refractivity contribution in [3.8, 4) is 0 Å². The normalized spacial score (nSPS) is 25.3. The molecule has 0 bridgehead atoms. The summed E-state index contributed by atoms with van der Waals surface area (Å²) in [5, 5.41) is 0. The predicted molar refractivity (Wildman–Crippen MR) is 113 cm³/mol. The van der Waals surface area contributed by atoms with Crippen LogP contribution in [0.25, 0.3) is 0 Å². The first-order valence-electron chi connectivity index (χ1n) is 10.3. The van der Waals surface area contributed by atoms with Gasteiger partial charge in [-0.1, -0.05) is 78.3 Å². The summed E-state index contributed by atoms with van der Waals surface area (Å²) in [5.74, 6) is 1.99. The van der Waals surface area contributed by atoms with Crippen molar-refractivity contribution in [2.75, 3.05) is 0 Å². The van der Waals surface area contributed by atoms with Crippen LogP contribution in [0.15, 0.2) is 18.2 Å². The minimum absolute atomic E-state index is 0. The van der Waals surface area contributed by atoms with E-state index in [0.717, 1.165) is 18.3 Å². The topological polar surface area (TPSA) is 0 Å². The Morgan fingerprint density at radius 1 is 0.808 bits per heavy atom. The van der Waals surface area contributed by atoms with Crippen LogP contribution in [0.5, 0.6) is 0 Å². The van der Waals surface area contributed by atoms with Crippen molar-refractivity contribution in [3.63, 3.8) is 0 Å². The number of hydrogen-bond donors (Lipinski definition) is 0. The second kappa shape index (κ2) is 21.1. The van der Waals surface area contributed by atoms with Crippen molar-refractivity contribution in [2.24, 2.45) is 11.8 Å². The van der Waals surface area contributed by atoms with Gasteiger partial charge in [-0.2, -0.15) is 6.08 Å². The van der Waals surface area contributed by atoms with E-state index in [9.17, 15) is 0 Å². The molecule has 2 aliphatic heterocycles. The zero-order chi connectivity index (χ0) is 16.9. The van der Waals surface area contributed by atoms with Crippen molar-refractivity contribution < 1.29 is 50.7 Å². The minimum Gasteiger partial charge on any atom is -1.00 e. The average molecular weight is 599 g/mol. The molecule has 2 unspecified atom stereocenters. The third-order valence-electron chi connectivity index (χ3n) is 5.77. The summed E-state index contributed by atoms with van der Waals surface area (Å²) in [5.41, 5.74) is 2.39. The standard InChI is InChI=1S/2C8H18Si.C5H5.2ClH.Hf/c2*1-7(2)8-5-3-4-6-9-8;1-2-4-5-3-1;;;/h2*7-8H,3-6,9H2,1-2H3;1-3H,4H2;2*1H;/q;;-1;;;/p-2. The zero-order valence-corrected chi connectivity index (χ0v) is 25.5. The van der Waals surface area contributed by atoms with E-state index in [1.807, 2.05) is 12.2 Å². The van der Waals surface area contributed by atoms with E-state index < -0.39 is 0 Å². The molecule has 0 N–H and O–H groups in total. The van der Waals surface area contributed by atoms with E-state index in [2.05, 4.69) is 39.8 Å². The van der Waals surface area contributed by atoms with Gasteiger partial charge in [0.2, 0.25) is 0 Å². The molecule has 0 amide bonds. The Bertz CT molecular complexity index is 303. The van der Waals surface area contributed by atoms with Crippen LogP contribution < -0.4 is 24.8 Å². The first kappa shape index (κ1) is 32.0. The molecule has 3 rings (SSSR count). The maximum absolute atomic E-state index is 2.99. The Kier molecular flexibility index (Phi) is 26.0. The smallest absolute Gasteiger partial charge is 0.0235 e. The number of halogens is 2. The molecule has 2 saturated heterocycles. The van der Waals surface area contributed by atoms with Crippen LogP contribution in [-0.4, -0.2) is 19.0 Å². The van der Waals surface area contributed by atoms with Gasteiger partial charge in [0.05, 0.1) is 0 Å². The molecule has 0 nitrogen and oxygen atoms in total. The summed E-state index contributed by atoms with van der Waals surface area (Å²) in [7, 11) is 0.750.